The van der Waals surface area contributed by atoms with Crippen LogP contribution in [-0.2, 0) is 9.53 Å². The van der Waals surface area contributed by atoms with E-state index in [-0.39, 0.29) is 0 Å². The number of nitriles is 1. The van der Waals surface area contributed by atoms with Gasteiger partial charge in [0.05, 0.1) is 7.11 Å². The van der Waals surface area contributed by atoms with Crippen LogP contribution in [0.2, 0.25) is 0 Å². The monoisotopic (exact) mass is 282 g/mol. The fourth-order valence-corrected chi connectivity index (χ4v) is 0.753. The third kappa shape index (κ3) is 4.11. The van der Waals surface area contributed by atoms with Gasteiger partial charge in [-0.3, -0.25) is 0 Å². The summed E-state index contributed by atoms with van der Waals surface area (Å²) in [5.74, 6) is -0.677. The molecule has 0 amide bonds. The first-order valence-corrected chi connectivity index (χ1v) is 4.06. The van der Waals surface area contributed by atoms with E-state index in [0.29, 0.717) is 3.53 Å². The highest BCUT2D eigenvalue weighted by atomic mass is 79.9. The van der Waals surface area contributed by atoms with Crippen molar-refractivity contribution in [1.82, 2.24) is 0 Å². The van der Waals surface area contributed by atoms with E-state index in [0.717, 1.165) is 0 Å². The predicted molar refractivity (Wildman–Crippen MR) is 46.7 cm³/mol. The molecule has 1 atom stereocenters. The maximum Gasteiger partial charge on any atom is 0.345 e. The number of hydrogen-bond acceptors (Lipinski definition) is 4. The van der Waals surface area contributed by atoms with E-state index < -0.39 is 12.0 Å². The fourth-order valence-electron chi connectivity index (χ4n) is 0.343. The molecule has 0 fully saturated rings. The number of rotatable bonds is 2. The van der Waals surface area contributed by atoms with Crippen molar-refractivity contribution in [3.05, 3.63) is 0 Å². The molecule has 0 aliphatic carbocycles. The second kappa shape index (κ2) is 5.27. The maximum absolute atomic E-state index is 10.7. The fraction of sp³-hybridized carbons (Fsp3) is 0.400. The molecule has 0 radical (unpaired) electrons. The van der Waals surface area contributed by atoms with E-state index in [9.17, 15) is 4.79 Å². The van der Waals surface area contributed by atoms with E-state index in [1.807, 2.05) is 0 Å². The summed E-state index contributed by atoms with van der Waals surface area (Å²) >= 11 is 5.84. The highest BCUT2D eigenvalue weighted by molar-refractivity contribution is 9.39. The van der Waals surface area contributed by atoms with Crippen molar-refractivity contribution in [1.29, 1.82) is 5.26 Å². The zero-order valence-electron chi connectivity index (χ0n) is 5.54. The summed E-state index contributed by atoms with van der Waals surface area (Å²) in [5.41, 5.74) is 0. The van der Waals surface area contributed by atoms with Crippen molar-refractivity contribution in [2.75, 3.05) is 7.11 Å². The highest BCUT2D eigenvalue weighted by Crippen LogP contribution is 2.03. The number of nitrogens with zero attached hydrogens (tertiary/aromatic N) is 2. The third-order valence-corrected chi connectivity index (χ3v) is 1.18. The molecule has 0 aromatic rings. The van der Waals surface area contributed by atoms with Gasteiger partial charge in [0.2, 0.25) is 6.04 Å². The first-order valence-electron chi connectivity index (χ1n) is 2.48. The second-order valence-electron chi connectivity index (χ2n) is 1.42. The first-order chi connectivity index (χ1) is 5.11. The number of ether oxygens (including phenoxy) is 1. The minimum absolute atomic E-state index is 0.307. The van der Waals surface area contributed by atoms with Gasteiger partial charge in [-0.1, -0.05) is 0 Å². The third-order valence-electron chi connectivity index (χ3n) is 0.773. The van der Waals surface area contributed by atoms with E-state index >= 15 is 0 Å². The Labute approximate surface area is 80.5 Å². The zero-order valence-corrected chi connectivity index (χ0v) is 8.72. The molecule has 0 heterocycles. The van der Waals surface area contributed by atoms with Crippen molar-refractivity contribution >= 4 is 41.4 Å². The summed E-state index contributed by atoms with van der Waals surface area (Å²) in [7, 11) is 1.20. The molecule has 11 heavy (non-hydrogen) atoms. The Kier molecular flexibility index (Phi) is 5.07. The summed E-state index contributed by atoms with van der Waals surface area (Å²) < 4.78 is 4.60. The zero-order chi connectivity index (χ0) is 8.85. The Bertz CT molecular complexity index is 217. The number of esters is 1. The average molecular weight is 284 g/mol. The summed E-state index contributed by atoms with van der Waals surface area (Å²) in [6.07, 6.45) is 0. The molecule has 1 unspecified atom stereocenters. The van der Waals surface area contributed by atoms with E-state index in [1.54, 1.807) is 6.07 Å². The van der Waals surface area contributed by atoms with Crippen molar-refractivity contribution in [3.8, 4) is 6.07 Å². The number of hydrogen-bond donors (Lipinski definition) is 0. The molecule has 0 saturated heterocycles. The van der Waals surface area contributed by atoms with Gasteiger partial charge in [0, 0.05) is 0 Å². The van der Waals surface area contributed by atoms with Gasteiger partial charge < -0.3 is 4.74 Å². The van der Waals surface area contributed by atoms with Gasteiger partial charge in [0.25, 0.3) is 0 Å². The van der Waals surface area contributed by atoms with Crippen molar-refractivity contribution < 1.29 is 9.53 Å². The second-order valence-corrected chi connectivity index (χ2v) is 3.99. The van der Waals surface area contributed by atoms with Crippen LogP contribution in [0.4, 0.5) is 0 Å². The Hall–Kier alpha value is -0.410. The van der Waals surface area contributed by atoms with Crippen LogP contribution in [0.3, 0.4) is 0 Å². The van der Waals surface area contributed by atoms with E-state index in [4.69, 9.17) is 5.26 Å². The predicted octanol–water partition coefficient (Wildman–Crippen LogP) is 1.20. The average Bonchev–Trinajstić information content (AvgIpc) is 1.98. The lowest BCUT2D eigenvalue weighted by molar-refractivity contribution is -0.140. The van der Waals surface area contributed by atoms with Crippen LogP contribution in [-0.4, -0.2) is 22.7 Å². The van der Waals surface area contributed by atoms with Crippen LogP contribution >= 0.6 is 31.9 Å². The first kappa shape index (κ1) is 10.6. The number of carbonyl (C=O) groups excluding carboxylic acids is 1. The molecule has 0 aromatic carbocycles. The Morgan fingerprint density at radius 2 is 2.27 bits per heavy atom. The molecule has 0 aliphatic rings. The van der Waals surface area contributed by atoms with Crippen LogP contribution < -0.4 is 0 Å². The summed E-state index contributed by atoms with van der Waals surface area (Å²) in [4.78, 5) is 14.3. The standard InChI is InChI=1S/C5H4Br2N2O2/c1-11-4(10)3(2-8)9-5(6)7/h3H,1H3. The molecule has 0 N–H and O–H groups in total. The van der Waals surface area contributed by atoms with Gasteiger partial charge in [-0.05, 0) is 31.9 Å². The van der Waals surface area contributed by atoms with Gasteiger partial charge in [0.1, 0.15) is 9.60 Å². The molecule has 0 rings (SSSR count). The van der Waals surface area contributed by atoms with Crippen molar-refractivity contribution in [2.24, 2.45) is 4.99 Å². The highest BCUT2D eigenvalue weighted by Gasteiger charge is 2.16. The molecule has 60 valence electrons. The summed E-state index contributed by atoms with van der Waals surface area (Å²) in [6, 6.07) is 0.559. The normalized spacial score (nSPS) is 11.1. The largest absolute Gasteiger partial charge is 0.467 e. The Balaban J connectivity index is 4.33. The van der Waals surface area contributed by atoms with Gasteiger partial charge in [-0.25, -0.2) is 9.79 Å². The topological polar surface area (TPSA) is 62.5 Å². The Morgan fingerprint density at radius 1 is 1.73 bits per heavy atom. The summed E-state index contributed by atoms with van der Waals surface area (Å²) in [6.45, 7) is 0. The van der Waals surface area contributed by atoms with Crippen molar-refractivity contribution in [2.45, 2.75) is 6.04 Å². The molecule has 0 bridgehead atoms. The maximum atomic E-state index is 10.7. The molecule has 6 heteroatoms. The molecule has 4 nitrogen and oxygen atoms in total. The number of halogens is 2. The lowest BCUT2D eigenvalue weighted by Gasteiger charge is -1.99. The van der Waals surface area contributed by atoms with Gasteiger partial charge >= 0.3 is 5.97 Å². The van der Waals surface area contributed by atoms with Crippen molar-refractivity contribution in [3.63, 3.8) is 0 Å². The Morgan fingerprint density at radius 3 is 2.55 bits per heavy atom. The quantitative estimate of drug-likeness (QED) is 0.565. The molecule has 0 saturated carbocycles. The van der Waals surface area contributed by atoms with Crippen LogP contribution in [0.15, 0.2) is 4.99 Å². The smallest absolute Gasteiger partial charge is 0.345 e. The van der Waals surface area contributed by atoms with Gasteiger partial charge in [-0.15, -0.1) is 0 Å². The molecular weight excluding hydrogens is 280 g/mol. The minimum atomic E-state index is -1.10. The van der Waals surface area contributed by atoms with Crippen LogP contribution in [0.5, 0.6) is 0 Å². The lowest BCUT2D eigenvalue weighted by Crippen LogP contribution is -2.18. The summed E-state index contributed by atoms with van der Waals surface area (Å²) in [5, 5.41) is 8.38. The van der Waals surface area contributed by atoms with Gasteiger partial charge in [0.15, 0.2) is 0 Å². The van der Waals surface area contributed by atoms with Crippen LogP contribution in [0.25, 0.3) is 0 Å². The molecule has 0 spiro atoms. The molecular formula is C5H4Br2N2O2. The number of methoxy groups -OCH3 is 1. The minimum Gasteiger partial charge on any atom is -0.467 e. The van der Waals surface area contributed by atoms with Crippen LogP contribution in [0.1, 0.15) is 0 Å². The molecule has 0 aromatic heterocycles. The lowest BCUT2D eigenvalue weighted by atomic mass is 10.3. The van der Waals surface area contributed by atoms with Gasteiger partial charge in [-0.2, -0.15) is 5.26 Å². The van der Waals surface area contributed by atoms with Crippen LogP contribution in [0, 0.1) is 11.3 Å². The number of carbonyl (C=O) groups is 1. The molecule has 0 aliphatic heterocycles. The van der Waals surface area contributed by atoms with E-state index in [1.165, 1.54) is 7.11 Å². The SMILES string of the molecule is COC(=O)C(C#N)N=C(Br)Br. The number of aliphatic imine (C=N–C) groups is 1. The van der Waals surface area contributed by atoms with E-state index in [2.05, 4.69) is 41.6 Å².